The summed E-state index contributed by atoms with van der Waals surface area (Å²) >= 11 is 0. The minimum absolute atomic E-state index is 0.0443. The van der Waals surface area contributed by atoms with Crippen molar-refractivity contribution in [3.8, 4) is 0 Å². The van der Waals surface area contributed by atoms with Crippen LogP contribution < -0.4 is 10.6 Å². The van der Waals surface area contributed by atoms with Crippen molar-refractivity contribution in [3.63, 3.8) is 0 Å². The minimum atomic E-state index is -0.635. The van der Waals surface area contributed by atoms with E-state index in [1.54, 1.807) is 0 Å². The molecule has 2 aromatic carbocycles. The first-order valence-electron chi connectivity index (χ1n) is 10.3. The van der Waals surface area contributed by atoms with Gasteiger partial charge in [0.2, 0.25) is 11.8 Å². The lowest BCUT2D eigenvalue weighted by atomic mass is 10.0. The standard InChI is InChI=1S/C23H28N4O2/c1-17-7-9-18(10-8-17)21(24)23(29)26-15-13-25(14-16-26)20-11-12-27(22(20)28)19-5-3-2-4-6-19/h2-10,20-21H,11-16,24H2,1H3. The molecule has 29 heavy (non-hydrogen) atoms. The maximum absolute atomic E-state index is 12.9. The average molecular weight is 393 g/mol. The first-order chi connectivity index (χ1) is 14.0. The number of hydrogen-bond acceptors (Lipinski definition) is 4. The molecule has 0 aromatic heterocycles. The van der Waals surface area contributed by atoms with Crippen molar-refractivity contribution >= 4 is 17.5 Å². The van der Waals surface area contributed by atoms with Gasteiger partial charge >= 0.3 is 0 Å². The second-order valence-corrected chi connectivity index (χ2v) is 7.88. The van der Waals surface area contributed by atoms with E-state index in [0.717, 1.165) is 29.8 Å². The number of carbonyl (C=O) groups excluding carboxylic acids is 2. The lowest BCUT2D eigenvalue weighted by Crippen LogP contribution is -2.55. The molecule has 2 atom stereocenters. The van der Waals surface area contributed by atoms with Gasteiger partial charge < -0.3 is 15.5 Å². The van der Waals surface area contributed by atoms with Crippen LogP contribution in [-0.4, -0.2) is 60.4 Å². The molecule has 2 N–H and O–H groups in total. The largest absolute Gasteiger partial charge is 0.338 e. The number of benzene rings is 2. The Hall–Kier alpha value is -2.70. The number of amides is 2. The van der Waals surface area contributed by atoms with Gasteiger partial charge in [-0.1, -0.05) is 48.0 Å². The van der Waals surface area contributed by atoms with E-state index in [1.807, 2.05) is 71.3 Å². The molecular weight excluding hydrogens is 364 g/mol. The van der Waals surface area contributed by atoms with Crippen molar-refractivity contribution in [1.29, 1.82) is 0 Å². The summed E-state index contributed by atoms with van der Waals surface area (Å²) in [6, 6.07) is 16.9. The molecule has 2 amide bonds. The highest BCUT2D eigenvalue weighted by molar-refractivity contribution is 5.99. The summed E-state index contributed by atoms with van der Waals surface area (Å²) in [5, 5.41) is 0. The number of carbonyl (C=O) groups is 2. The molecule has 2 unspecified atom stereocenters. The third-order valence-corrected chi connectivity index (χ3v) is 6.01. The van der Waals surface area contributed by atoms with E-state index in [0.29, 0.717) is 26.2 Å². The van der Waals surface area contributed by atoms with Crippen molar-refractivity contribution < 1.29 is 9.59 Å². The summed E-state index contributed by atoms with van der Waals surface area (Å²) in [7, 11) is 0. The van der Waals surface area contributed by atoms with Crippen LogP contribution in [-0.2, 0) is 9.59 Å². The summed E-state index contributed by atoms with van der Waals surface area (Å²) < 4.78 is 0. The second-order valence-electron chi connectivity index (χ2n) is 7.88. The number of nitrogens with zero attached hydrogens (tertiary/aromatic N) is 3. The van der Waals surface area contributed by atoms with E-state index in [-0.39, 0.29) is 17.9 Å². The topological polar surface area (TPSA) is 69.9 Å². The summed E-state index contributed by atoms with van der Waals surface area (Å²) in [4.78, 5) is 31.7. The smallest absolute Gasteiger partial charge is 0.244 e. The van der Waals surface area contributed by atoms with E-state index in [4.69, 9.17) is 5.73 Å². The number of para-hydroxylation sites is 1. The summed E-state index contributed by atoms with van der Waals surface area (Å²) in [5.41, 5.74) is 9.16. The number of rotatable bonds is 4. The van der Waals surface area contributed by atoms with Crippen LogP contribution in [0.5, 0.6) is 0 Å². The zero-order valence-corrected chi connectivity index (χ0v) is 16.8. The fourth-order valence-corrected chi connectivity index (χ4v) is 4.24. The van der Waals surface area contributed by atoms with Crippen molar-refractivity contribution in [3.05, 3.63) is 65.7 Å². The van der Waals surface area contributed by atoms with Crippen LogP contribution in [0.1, 0.15) is 23.6 Å². The number of hydrogen-bond donors (Lipinski definition) is 1. The van der Waals surface area contributed by atoms with Crippen LogP contribution in [0.3, 0.4) is 0 Å². The highest BCUT2D eigenvalue weighted by Gasteiger charge is 2.38. The molecule has 0 saturated carbocycles. The molecule has 2 aliphatic rings. The molecule has 0 bridgehead atoms. The molecule has 152 valence electrons. The Labute approximate surface area is 171 Å². The molecule has 0 radical (unpaired) electrons. The van der Waals surface area contributed by atoms with Gasteiger partial charge in [0, 0.05) is 38.4 Å². The average Bonchev–Trinajstić information content (AvgIpc) is 3.15. The molecule has 2 aromatic rings. The lowest BCUT2D eigenvalue weighted by Gasteiger charge is -2.38. The highest BCUT2D eigenvalue weighted by atomic mass is 16.2. The van der Waals surface area contributed by atoms with Crippen molar-refractivity contribution in [2.24, 2.45) is 5.73 Å². The number of piperazine rings is 1. The molecule has 4 rings (SSSR count). The zero-order valence-electron chi connectivity index (χ0n) is 16.8. The van der Waals surface area contributed by atoms with Crippen LogP contribution in [0.4, 0.5) is 5.69 Å². The van der Waals surface area contributed by atoms with Crippen LogP contribution in [0.15, 0.2) is 54.6 Å². The molecule has 2 heterocycles. The van der Waals surface area contributed by atoms with Gasteiger partial charge in [0.15, 0.2) is 0 Å². The molecular formula is C23H28N4O2. The SMILES string of the molecule is Cc1ccc(C(N)C(=O)N2CCN(C3CCN(c4ccccc4)C3=O)CC2)cc1. The second kappa shape index (κ2) is 8.35. The van der Waals surface area contributed by atoms with Crippen molar-refractivity contribution in [1.82, 2.24) is 9.80 Å². The Balaban J connectivity index is 1.34. The minimum Gasteiger partial charge on any atom is -0.338 e. The van der Waals surface area contributed by atoms with Gasteiger partial charge in [-0.25, -0.2) is 0 Å². The van der Waals surface area contributed by atoms with Crippen molar-refractivity contribution in [2.45, 2.75) is 25.4 Å². The normalized spacial score (nSPS) is 21.4. The number of nitrogens with two attached hydrogens (primary N) is 1. The van der Waals surface area contributed by atoms with E-state index >= 15 is 0 Å². The van der Waals surface area contributed by atoms with Gasteiger partial charge in [0.05, 0.1) is 6.04 Å². The summed E-state index contributed by atoms with van der Waals surface area (Å²) in [6.45, 7) is 5.36. The van der Waals surface area contributed by atoms with E-state index in [9.17, 15) is 9.59 Å². The number of aryl methyl sites for hydroxylation is 1. The quantitative estimate of drug-likeness (QED) is 0.863. The monoisotopic (exact) mass is 392 g/mol. The Kier molecular flexibility index (Phi) is 5.65. The van der Waals surface area contributed by atoms with Gasteiger partial charge in [-0.2, -0.15) is 0 Å². The maximum atomic E-state index is 12.9. The van der Waals surface area contributed by atoms with Gasteiger partial charge in [-0.15, -0.1) is 0 Å². The van der Waals surface area contributed by atoms with Crippen molar-refractivity contribution in [2.75, 3.05) is 37.6 Å². The first kappa shape index (κ1) is 19.6. The first-order valence-corrected chi connectivity index (χ1v) is 10.3. The third-order valence-electron chi connectivity index (χ3n) is 6.01. The Morgan fingerprint density at radius 2 is 1.62 bits per heavy atom. The van der Waals surface area contributed by atoms with Gasteiger partial charge in [-0.3, -0.25) is 14.5 Å². The number of anilines is 1. The van der Waals surface area contributed by atoms with Crippen LogP contribution in [0.2, 0.25) is 0 Å². The van der Waals surface area contributed by atoms with Gasteiger partial charge in [0.1, 0.15) is 6.04 Å². The van der Waals surface area contributed by atoms with E-state index < -0.39 is 6.04 Å². The Morgan fingerprint density at radius 3 is 2.28 bits per heavy atom. The molecule has 2 saturated heterocycles. The van der Waals surface area contributed by atoms with Crippen LogP contribution in [0, 0.1) is 6.92 Å². The third kappa shape index (κ3) is 4.04. The maximum Gasteiger partial charge on any atom is 0.244 e. The van der Waals surface area contributed by atoms with Gasteiger partial charge in [-0.05, 0) is 31.0 Å². The van der Waals surface area contributed by atoms with Crippen LogP contribution >= 0.6 is 0 Å². The molecule has 0 spiro atoms. The predicted octanol–water partition coefficient (Wildman–Crippen LogP) is 1.94. The van der Waals surface area contributed by atoms with E-state index in [2.05, 4.69) is 4.90 Å². The fraction of sp³-hybridized carbons (Fsp3) is 0.391. The fourth-order valence-electron chi connectivity index (χ4n) is 4.24. The molecule has 2 aliphatic heterocycles. The summed E-state index contributed by atoms with van der Waals surface area (Å²) in [5.74, 6) is 0.115. The lowest BCUT2D eigenvalue weighted by molar-refractivity contribution is -0.135. The molecule has 2 fully saturated rings. The van der Waals surface area contributed by atoms with Gasteiger partial charge in [0.25, 0.3) is 0 Å². The summed E-state index contributed by atoms with van der Waals surface area (Å²) in [6.07, 6.45) is 0.824. The molecule has 6 heteroatoms. The zero-order chi connectivity index (χ0) is 20.4. The predicted molar refractivity (Wildman–Crippen MR) is 113 cm³/mol. The highest BCUT2D eigenvalue weighted by Crippen LogP contribution is 2.25. The Bertz CT molecular complexity index is 860. The van der Waals surface area contributed by atoms with Crippen LogP contribution in [0.25, 0.3) is 0 Å². The Morgan fingerprint density at radius 1 is 0.966 bits per heavy atom. The molecule has 6 nitrogen and oxygen atoms in total. The molecule has 0 aliphatic carbocycles. The van der Waals surface area contributed by atoms with E-state index in [1.165, 1.54) is 0 Å².